The van der Waals surface area contributed by atoms with Crippen LogP contribution in [0.3, 0.4) is 0 Å². The third-order valence-corrected chi connectivity index (χ3v) is 3.37. The molecule has 3 aromatic rings. The van der Waals surface area contributed by atoms with Crippen molar-refractivity contribution in [3.63, 3.8) is 0 Å². The van der Waals surface area contributed by atoms with Crippen molar-refractivity contribution in [2.24, 2.45) is 0 Å². The third-order valence-electron chi connectivity index (χ3n) is 3.37. The van der Waals surface area contributed by atoms with Crippen molar-refractivity contribution in [1.82, 2.24) is 19.9 Å². The Morgan fingerprint density at radius 3 is 2.78 bits per heavy atom. The first-order valence-corrected chi connectivity index (χ1v) is 7.59. The number of ether oxygens (including phenoxy) is 1. The molecular weight excluding hydrogens is 292 g/mol. The van der Waals surface area contributed by atoms with Crippen LogP contribution in [-0.4, -0.2) is 32.8 Å². The number of nitrogens with zero attached hydrogens (tertiary/aromatic N) is 3. The molecule has 0 unspecified atom stereocenters. The fourth-order valence-electron chi connectivity index (χ4n) is 2.46. The number of carbonyl (C=O) groups is 1. The molecule has 0 bridgehead atoms. The van der Waals surface area contributed by atoms with E-state index in [-0.39, 0.29) is 0 Å². The van der Waals surface area contributed by atoms with E-state index in [1.807, 2.05) is 49.6 Å². The minimum atomic E-state index is -0.492. The molecule has 1 aromatic carbocycles. The monoisotopic (exact) mass is 312 g/mol. The Kier molecular flexibility index (Phi) is 3.90. The van der Waals surface area contributed by atoms with E-state index in [2.05, 4.69) is 15.3 Å². The number of para-hydroxylation sites is 1. The molecule has 1 amide bonds. The van der Waals surface area contributed by atoms with Gasteiger partial charge in [0.1, 0.15) is 11.1 Å². The number of nitrogens with one attached hydrogen (secondary N) is 1. The quantitative estimate of drug-likeness (QED) is 0.807. The molecule has 120 valence electrons. The lowest BCUT2D eigenvalue weighted by Crippen LogP contribution is -2.34. The van der Waals surface area contributed by atoms with E-state index in [1.54, 1.807) is 12.5 Å². The van der Waals surface area contributed by atoms with Gasteiger partial charge in [-0.1, -0.05) is 18.2 Å². The summed E-state index contributed by atoms with van der Waals surface area (Å²) in [7, 11) is 0. The van der Waals surface area contributed by atoms with Crippen LogP contribution in [0, 0.1) is 0 Å². The second-order valence-electron chi connectivity index (χ2n) is 6.38. The maximum Gasteiger partial charge on any atom is 0.407 e. The van der Waals surface area contributed by atoms with Crippen molar-refractivity contribution in [2.75, 3.05) is 6.54 Å². The van der Waals surface area contributed by atoms with Gasteiger partial charge >= 0.3 is 6.09 Å². The van der Waals surface area contributed by atoms with Gasteiger partial charge in [0.05, 0.1) is 23.6 Å². The Labute approximate surface area is 134 Å². The van der Waals surface area contributed by atoms with Crippen molar-refractivity contribution >= 4 is 28.0 Å². The molecular formula is C17H20N4O2. The molecule has 0 radical (unpaired) electrons. The molecule has 2 heterocycles. The zero-order valence-corrected chi connectivity index (χ0v) is 13.5. The van der Waals surface area contributed by atoms with Crippen LogP contribution < -0.4 is 5.32 Å². The summed E-state index contributed by atoms with van der Waals surface area (Å²) in [6.45, 7) is 6.61. The van der Waals surface area contributed by atoms with Crippen molar-refractivity contribution < 1.29 is 9.53 Å². The van der Waals surface area contributed by atoms with Crippen LogP contribution in [0.2, 0.25) is 0 Å². The SMILES string of the molecule is CC(C)(C)OC(=O)NCCn1cnc2cnc3ccccc3c21. The summed E-state index contributed by atoms with van der Waals surface area (Å²) >= 11 is 0. The topological polar surface area (TPSA) is 69.0 Å². The molecule has 3 rings (SSSR count). The van der Waals surface area contributed by atoms with Gasteiger partial charge in [-0.15, -0.1) is 0 Å². The number of carbonyl (C=O) groups excluding carboxylic acids is 1. The Morgan fingerprint density at radius 2 is 2.00 bits per heavy atom. The van der Waals surface area contributed by atoms with Crippen molar-refractivity contribution in [1.29, 1.82) is 0 Å². The van der Waals surface area contributed by atoms with Crippen LogP contribution in [0.25, 0.3) is 21.9 Å². The number of alkyl carbamates (subject to hydrolysis) is 1. The number of aromatic nitrogens is 3. The van der Waals surface area contributed by atoms with Crippen LogP contribution in [0.1, 0.15) is 20.8 Å². The van der Waals surface area contributed by atoms with E-state index in [4.69, 9.17) is 4.74 Å². The van der Waals surface area contributed by atoms with E-state index in [9.17, 15) is 4.79 Å². The molecule has 0 aliphatic heterocycles. The summed E-state index contributed by atoms with van der Waals surface area (Å²) in [6, 6.07) is 7.96. The summed E-state index contributed by atoms with van der Waals surface area (Å²) in [4.78, 5) is 20.5. The molecule has 0 spiro atoms. The highest BCUT2D eigenvalue weighted by Crippen LogP contribution is 2.22. The largest absolute Gasteiger partial charge is 0.444 e. The summed E-state index contributed by atoms with van der Waals surface area (Å²) in [5.41, 5.74) is 2.32. The van der Waals surface area contributed by atoms with Gasteiger partial charge in [-0.3, -0.25) is 4.98 Å². The van der Waals surface area contributed by atoms with Gasteiger partial charge in [0, 0.05) is 18.5 Å². The Bertz CT molecular complexity index is 849. The molecule has 0 aliphatic carbocycles. The van der Waals surface area contributed by atoms with Gasteiger partial charge in [-0.2, -0.15) is 0 Å². The summed E-state index contributed by atoms with van der Waals surface area (Å²) < 4.78 is 7.25. The van der Waals surface area contributed by atoms with Gasteiger partial charge in [-0.05, 0) is 26.8 Å². The van der Waals surface area contributed by atoms with E-state index in [0.717, 1.165) is 21.9 Å². The lowest BCUT2D eigenvalue weighted by atomic mass is 10.2. The average Bonchev–Trinajstić information content (AvgIpc) is 2.89. The van der Waals surface area contributed by atoms with Crippen molar-refractivity contribution in [3.8, 4) is 0 Å². The fourth-order valence-corrected chi connectivity index (χ4v) is 2.46. The number of amides is 1. The highest BCUT2D eigenvalue weighted by atomic mass is 16.6. The first-order chi connectivity index (χ1) is 10.9. The molecule has 0 saturated heterocycles. The molecule has 23 heavy (non-hydrogen) atoms. The maximum absolute atomic E-state index is 11.7. The first kappa shape index (κ1) is 15.3. The van der Waals surface area contributed by atoms with E-state index in [1.165, 1.54) is 0 Å². The molecule has 0 fully saturated rings. The molecule has 0 aliphatic rings. The Balaban J connectivity index is 1.76. The zero-order chi connectivity index (χ0) is 16.4. The summed E-state index contributed by atoms with van der Waals surface area (Å²) in [5, 5.41) is 3.82. The Morgan fingerprint density at radius 1 is 1.22 bits per heavy atom. The smallest absolute Gasteiger partial charge is 0.407 e. The van der Waals surface area contributed by atoms with Gasteiger partial charge in [-0.25, -0.2) is 9.78 Å². The lowest BCUT2D eigenvalue weighted by Gasteiger charge is -2.19. The van der Waals surface area contributed by atoms with Gasteiger partial charge in [0.25, 0.3) is 0 Å². The summed E-state index contributed by atoms with van der Waals surface area (Å²) in [6.07, 6.45) is 3.14. The predicted molar refractivity (Wildman–Crippen MR) is 89.3 cm³/mol. The molecule has 6 heteroatoms. The average molecular weight is 312 g/mol. The number of rotatable bonds is 3. The standard InChI is InChI=1S/C17H20N4O2/c1-17(2,3)23-16(22)18-8-9-21-11-20-14-10-19-13-7-5-4-6-12(13)15(14)21/h4-7,10-11H,8-9H2,1-3H3,(H,18,22). The third kappa shape index (κ3) is 3.41. The molecule has 6 nitrogen and oxygen atoms in total. The van der Waals surface area contributed by atoms with Crippen LogP contribution in [0.4, 0.5) is 4.79 Å². The normalized spacial score (nSPS) is 11.8. The lowest BCUT2D eigenvalue weighted by molar-refractivity contribution is 0.0526. The van der Waals surface area contributed by atoms with Crippen molar-refractivity contribution in [3.05, 3.63) is 36.8 Å². The molecule has 1 N–H and O–H groups in total. The second kappa shape index (κ2) is 5.87. The van der Waals surface area contributed by atoms with Crippen LogP contribution in [0.5, 0.6) is 0 Å². The number of hydrogen-bond acceptors (Lipinski definition) is 4. The maximum atomic E-state index is 11.7. The van der Waals surface area contributed by atoms with E-state index < -0.39 is 11.7 Å². The number of pyridine rings is 1. The van der Waals surface area contributed by atoms with E-state index in [0.29, 0.717) is 13.1 Å². The highest BCUT2D eigenvalue weighted by Gasteiger charge is 2.15. The number of imidazole rings is 1. The number of hydrogen-bond donors (Lipinski definition) is 1. The zero-order valence-electron chi connectivity index (χ0n) is 13.5. The predicted octanol–water partition coefficient (Wildman–Crippen LogP) is 3.11. The van der Waals surface area contributed by atoms with Gasteiger partial charge in [0.2, 0.25) is 0 Å². The molecule has 0 saturated carbocycles. The van der Waals surface area contributed by atoms with E-state index >= 15 is 0 Å². The van der Waals surface area contributed by atoms with Crippen molar-refractivity contribution in [2.45, 2.75) is 32.9 Å². The fraction of sp³-hybridized carbons (Fsp3) is 0.353. The van der Waals surface area contributed by atoms with Crippen LogP contribution in [-0.2, 0) is 11.3 Å². The van der Waals surface area contributed by atoms with Crippen LogP contribution in [0.15, 0.2) is 36.8 Å². The van der Waals surface area contributed by atoms with Crippen LogP contribution >= 0.6 is 0 Å². The van der Waals surface area contributed by atoms with Gasteiger partial charge < -0.3 is 14.6 Å². The summed E-state index contributed by atoms with van der Waals surface area (Å²) in [5.74, 6) is 0. The van der Waals surface area contributed by atoms with Gasteiger partial charge in [0.15, 0.2) is 0 Å². The minimum Gasteiger partial charge on any atom is -0.444 e. The molecule has 0 atom stereocenters. The highest BCUT2D eigenvalue weighted by molar-refractivity contribution is 6.01. The number of fused-ring (bicyclic) bond motifs is 3. The Hall–Kier alpha value is -2.63. The number of benzene rings is 1. The minimum absolute atomic E-state index is 0.409. The first-order valence-electron chi connectivity index (χ1n) is 7.59. The second-order valence-corrected chi connectivity index (χ2v) is 6.38. The molecule has 2 aromatic heterocycles.